The Hall–Kier alpha value is -0.120. The molecule has 0 aliphatic heterocycles. The van der Waals surface area contributed by atoms with E-state index in [-0.39, 0.29) is 12.3 Å². The minimum atomic E-state index is -0.154. The van der Waals surface area contributed by atoms with Crippen molar-refractivity contribution in [1.29, 1.82) is 0 Å². The smallest absolute Gasteiger partial charge is 0.171 e. The minimum Gasteiger partial charge on any atom is -0.354 e. The molecule has 3 nitrogen and oxygen atoms in total. The maximum Gasteiger partial charge on any atom is 0.171 e. The lowest BCUT2D eigenvalue weighted by Gasteiger charge is -2.25. The van der Waals surface area contributed by atoms with E-state index >= 15 is 0 Å². The van der Waals surface area contributed by atoms with Crippen LogP contribution in [0.15, 0.2) is 0 Å². The second-order valence-corrected chi connectivity index (χ2v) is 4.19. The third-order valence-electron chi connectivity index (χ3n) is 2.66. The number of methoxy groups -OCH3 is 2. The van der Waals surface area contributed by atoms with Crippen LogP contribution in [0.25, 0.3) is 0 Å². The Morgan fingerprint density at radius 2 is 1.67 bits per heavy atom. The van der Waals surface area contributed by atoms with Gasteiger partial charge in [-0.25, -0.2) is 0 Å². The van der Waals surface area contributed by atoms with E-state index in [9.17, 15) is 0 Å². The van der Waals surface area contributed by atoms with Gasteiger partial charge in [0, 0.05) is 20.3 Å². The van der Waals surface area contributed by atoms with Gasteiger partial charge in [-0.1, -0.05) is 26.2 Å². The van der Waals surface area contributed by atoms with Crippen LogP contribution in [0.5, 0.6) is 0 Å². The average Bonchev–Trinajstić information content (AvgIpc) is 2.20. The summed E-state index contributed by atoms with van der Waals surface area (Å²) in [6.45, 7) is 6.54. The summed E-state index contributed by atoms with van der Waals surface area (Å²) in [5.74, 6) is 0. The second kappa shape index (κ2) is 9.13. The lowest BCUT2D eigenvalue weighted by molar-refractivity contribution is -0.120. The van der Waals surface area contributed by atoms with Gasteiger partial charge < -0.3 is 14.8 Å². The molecule has 0 aromatic rings. The van der Waals surface area contributed by atoms with Crippen LogP contribution >= 0.6 is 0 Å². The number of ether oxygens (including phenoxy) is 2. The van der Waals surface area contributed by atoms with Crippen molar-refractivity contribution < 1.29 is 9.47 Å². The fourth-order valence-electron chi connectivity index (χ4n) is 1.82. The third-order valence-corrected chi connectivity index (χ3v) is 2.66. The van der Waals surface area contributed by atoms with Gasteiger partial charge in [-0.05, 0) is 20.3 Å². The van der Waals surface area contributed by atoms with Crippen molar-refractivity contribution in [3.8, 4) is 0 Å². The number of unbranched alkanes of at least 4 members (excludes halogenated alkanes) is 2. The normalized spacial score (nSPS) is 15.6. The van der Waals surface area contributed by atoms with Gasteiger partial charge in [-0.2, -0.15) is 0 Å². The third kappa shape index (κ3) is 6.88. The standard InChI is InChI=1S/C12H27NO2/c1-6-7-8-9-10(2)13-11(3)12(14-4)15-5/h10-13H,6-9H2,1-5H3. The average molecular weight is 217 g/mol. The molecule has 0 bridgehead atoms. The van der Waals surface area contributed by atoms with Gasteiger partial charge >= 0.3 is 0 Å². The molecule has 3 heteroatoms. The first kappa shape index (κ1) is 14.9. The van der Waals surface area contributed by atoms with Crippen molar-refractivity contribution in [2.75, 3.05) is 14.2 Å². The SMILES string of the molecule is CCCCCC(C)NC(C)C(OC)OC. The highest BCUT2D eigenvalue weighted by Gasteiger charge is 2.17. The van der Waals surface area contributed by atoms with E-state index in [1.807, 2.05) is 0 Å². The van der Waals surface area contributed by atoms with Crippen molar-refractivity contribution >= 4 is 0 Å². The largest absolute Gasteiger partial charge is 0.354 e. The summed E-state index contributed by atoms with van der Waals surface area (Å²) in [6.07, 6.45) is 4.96. The van der Waals surface area contributed by atoms with Gasteiger partial charge in [-0.15, -0.1) is 0 Å². The zero-order valence-electron chi connectivity index (χ0n) is 10.9. The molecule has 0 saturated heterocycles. The Morgan fingerprint density at radius 3 is 2.13 bits per heavy atom. The molecule has 0 radical (unpaired) electrons. The van der Waals surface area contributed by atoms with E-state index in [0.717, 1.165) is 0 Å². The fourth-order valence-corrected chi connectivity index (χ4v) is 1.82. The number of hydrogen-bond acceptors (Lipinski definition) is 3. The molecule has 15 heavy (non-hydrogen) atoms. The first-order valence-corrected chi connectivity index (χ1v) is 5.97. The number of hydrogen-bond donors (Lipinski definition) is 1. The van der Waals surface area contributed by atoms with Crippen LogP contribution in [-0.4, -0.2) is 32.6 Å². The van der Waals surface area contributed by atoms with Crippen LogP contribution in [0.4, 0.5) is 0 Å². The molecule has 92 valence electrons. The van der Waals surface area contributed by atoms with Crippen LogP contribution in [0.3, 0.4) is 0 Å². The monoisotopic (exact) mass is 217 g/mol. The molecule has 1 N–H and O–H groups in total. The molecule has 0 saturated carbocycles. The van der Waals surface area contributed by atoms with Crippen molar-refractivity contribution in [3.63, 3.8) is 0 Å². The summed E-state index contributed by atoms with van der Waals surface area (Å²) in [5, 5.41) is 3.49. The first-order valence-electron chi connectivity index (χ1n) is 5.97. The van der Waals surface area contributed by atoms with Gasteiger partial charge in [0.2, 0.25) is 0 Å². The number of rotatable bonds is 9. The van der Waals surface area contributed by atoms with E-state index in [2.05, 4.69) is 26.1 Å². The van der Waals surface area contributed by atoms with Crippen LogP contribution in [0.1, 0.15) is 46.5 Å². The van der Waals surface area contributed by atoms with Crippen LogP contribution in [0, 0.1) is 0 Å². The molecular weight excluding hydrogens is 190 g/mol. The Kier molecular flexibility index (Phi) is 9.06. The first-order chi connectivity index (χ1) is 7.15. The predicted molar refractivity (Wildman–Crippen MR) is 64.0 cm³/mol. The van der Waals surface area contributed by atoms with Crippen molar-refractivity contribution in [1.82, 2.24) is 5.32 Å². The molecule has 0 heterocycles. The Morgan fingerprint density at radius 1 is 1.07 bits per heavy atom. The van der Waals surface area contributed by atoms with E-state index in [4.69, 9.17) is 9.47 Å². The van der Waals surface area contributed by atoms with E-state index < -0.39 is 0 Å². The lowest BCUT2D eigenvalue weighted by atomic mass is 10.1. The Balaban J connectivity index is 3.68. The molecule has 2 unspecified atom stereocenters. The summed E-state index contributed by atoms with van der Waals surface area (Å²) in [5.41, 5.74) is 0. The molecule has 0 fully saturated rings. The molecule has 0 rings (SSSR count). The summed E-state index contributed by atoms with van der Waals surface area (Å²) in [7, 11) is 3.35. The molecule has 0 aromatic carbocycles. The minimum absolute atomic E-state index is 0.154. The highest BCUT2D eigenvalue weighted by atomic mass is 16.7. The Bertz CT molecular complexity index is 138. The van der Waals surface area contributed by atoms with Gasteiger partial charge in [0.15, 0.2) is 6.29 Å². The van der Waals surface area contributed by atoms with E-state index in [1.165, 1.54) is 25.7 Å². The molecule has 0 aliphatic rings. The topological polar surface area (TPSA) is 30.5 Å². The van der Waals surface area contributed by atoms with Crippen LogP contribution < -0.4 is 5.32 Å². The second-order valence-electron chi connectivity index (χ2n) is 4.19. The maximum atomic E-state index is 5.20. The van der Waals surface area contributed by atoms with Crippen molar-refractivity contribution in [2.24, 2.45) is 0 Å². The van der Waals surface area contributed by atoms with Gasteiger partial charge in [-0.3, -0.25) is 0 Å². The van der Waals surface area contributed by atoms with Gasteiger partial charge in [0.1, 0.15) is 0 Å². The van der Waals surface area contributed by atoms with Gasteiger partial charge in [0.25, 0.3) is 0 Å². The van der Waals surface area contributed by atoms with Crippen molar-refractivity contribution in [3.05, 3.63) is 0 Å². The van der Waals surface area contributed by atoms with E-state index in [1.54, 1.807) is 14.2 Å². The van der Waals surface area contributed by atoms with Crippen molar-refractivity contribution in [2.45, 2.75) is 64.8 Å². The quantitative estimate of drug-likeness (QED) is 0.475. The molecule has 0 aliphatic carbocycles. The predicted octanol–water partition coefficient (Wildman–Crippen LogP) is 2.55. The summed E-state index contributed by atoms with van der Waals surface area (Å²) in [4.78, 5) is 0. The zero-order chi connectivity index (χ0) is 11.7. The van der Waals surface area contributed by atoms with E-state index in [0.29, 0.717) is 6.04 Å². The number of nitrogens with one attached hydrogen (secondary N) is 1. The highest BCUT2D eigenvalue weighted by Crippen LogP contribution is 2.06. The zero-order valence-corrected chi connectivity index (χ0v) is 10.9. The lowest BCUT2D eigenvalue weighted by Crippen LogP contribution is -2.44. The fraction of sp³-hybridized carbons (Fsp3) is 1.00. The maximum absolute atomic E-state index is 5.20. The molecule has 0 amide bonds. The summed E-state index contributed by atoms with van der Waals surface area (Å²) >= 11 is 0. The highest BCUT2D eigenvalue weighted by molar-refractivity contribution is 4.70. The summed E-state index contributed by atoms with van der Waals surface area (Å²) in [6, 6.07) is 0.760. The molecule has 2 atom stereocenters. The molecule has 0 spiro atoms. The molecular formula is C12H27NO2. The van der Waals surface area contributed by atoms with Crippen LogP contribution in [0.2, 0.25) is 0 Å². The summed E-state index contributed by atoms with van der Waals surface area (Å²) < 4.78 is 10.4. The molecule has 0 aromatic heterocycles. The van der Waals surface area contributed by atoms with Crippen LogP contribution in [-0.2, 0) is 9.47 Å². The Labute approximate surface area is 94.5 Å². The van der Waals surface area contributed by atoms with Gasteiger partial charge in [0.05, 0.1) is 6.04 Å².